The lowest BCUT2D eigenvalue weighted by Gasteiger charge is -2.57. The van der Waals surface area contributed by atoms with E-state index in [2.05, 4.69) is 4.90 Å². The number of nitrogens with two attached hydrogens (primary N) is 1. The van der Waals surface area contributed by atoms with Crippen LogP contribution in [-0.2, 0) is 9.53 Å². The van der Waals surface area contributed by atoms with Crippen molar-refractivity contribution >= 4 is 5.91 Å². The summed E-state index contributed by atoms with van der Waals surface area (Å²) in [6.07, 6.45) is 11.1. The van der Waals surface area contributed by atoms with Crippen molar-refractivity contribution in [1.82, 2.24) is 4.90 Å². The SMILES string of the molecule is NCCCOC1CCN(C(=O)C23CC4CC(CC(C4)C2)C3)CC1. The van der Waals surface area contributed by atoms with Gasteiger partial charge in [-0.25, -0.2) is 0 Å². The summed E-state index contributed by atoms with van der Waals surface area (Å²) in [5.74, 6) is 3.05. The van der Waals surface area contributed by atoms with E-state index in [1.54, 1.807) is 0 Å². The molecule has 23 heavy (non-hydrogen) atoms. The van der Waals surface area contributed by atoms with Crippen LogP contribution in [0.3, 0.4) is 0 Å². The highest BCUT2D eigenvalue weighted by Crippen LogP contribution is 2.60. The number of likely N-dealkylation sites (tertiary alicyclic amines) is 1. The van der Waals surface area contributed by atoms with E-state index in [-0.39, 0.29) is 5.41 Å². The van der Waals surface area contributed by atoms with Crippen LogP contribution in [-0.4, -0.2) is 43.2 Å². The zero-order valence-electron chi connectivity index (χ0n) is 14.3. The summed E-state index contributed by atoms with van der Waals surface area (Å²) in [5.41, 5.74) is 5.55. The third-order valence-corrected chi connectivity index (χ3v) is 6.92. The second-order valence-electron chi connectivity index (χ2n) is 8.70. The normalized spacial score (nSPS) is 39.9. The number of hydrogen-bond donors (Lipinski definition) is 1. The van der Waals surface area contributed by atoms with Crippen molar-refractivity contribution in [2.24, 2.45) is 28.9 Å². The molecule has 1 heterocycles. The predicted molar refractivity (Wildman–Crippen MR) is 89.8 cm³/mol. The third kappa shape index (κ3) is 3.05. The first-order valence-electron chi connectivity index (χ1n) is 9.79. The number of hydrogen-bond acceptors (Lipinski definition) is 3. The Morgan fingerprint density at radius 1 is 1.04 bits per heavy atom. The van der Waals surface area contributed by atoms with Crippen molar-refractivity contribution < 1.29 is 9.53 Å². The topological polar surface area (TPSA) is 55.6 Å². The fraction of sp³-hybridized carbons (Fsp3) is 0.947. The molecule has 5 fully saturated rings. The van der Waals surface area contributed by atoms with Gasteiger partial charge in [0.25, 0.3) is 0 Å². The Bertz CT molecular complexity index is 407. The second-order valence-corrected chi connectivity index (χ2v) is 8.70. The van der Waals surface area contributed by atoms with E-state index in [0.29, 0.717) is 18.6 Å². The van der Waals surface area contributed by atoms with Crippen LogP contribution in [0.15, 0.2) is 0 Å². The summed E-state index contributed by atoms with van der Waals surface area (Å²) in [6, 6.07) is 0. The molecule has 5 rings (SSSR count). The van der Waals surface area contributed by atoms with Gasteiger partial charge in [0, 0.05) is 19.7 Å². The molecule has 0 aromatic rings. The van der Waals surface area contributed by atoms with Gasteiger partial charge >= 0.3 is 0 Å². The average molecular weight is 320 g/mol. The Morgan fingerprint density at radius 3 is 2.13 bits per heavy atom. The zero-order chi connectivity index (χ0) is 15.9. The lowest BCUT2D eigenvalue weighted by atomic mass is 9.49. The van der Waals surface area contributed by atoms with Gasteiger partial charge < -0.3 is 15.4 Å². The third-order valence-electron chi connectivity index (χ3n) is 6.92. The van der Waals surface area contributed by atoms with Crippen LogP contribution in [0.1, 0.15) is 57.8 Å². The first-order chi connectivity index (χ1) is 11.2. The van der Waals surface area contributed by atoms with E-state index in [0.717, 1.165) is 56.7 Å². The van der Waals surface area contributed by atoms with Gasteiger partial charge in [0.2, 0.25) is 5.91 Å². The summed E-state index contributed by atoms with van der Waals surface area (Å²) in [4.78, 5) is 15.5. The van der Waals surface area contributed by atoms with Crippen molar-refractivity contribution in [2.75, 3.05) is 26.2 Å². The van der Waals surface area contributed by atoms with E-state index in [1.165, 1.54) is 38.5 Å². The predicted octanol–water partition coefficient (Wildman–Crippen LogP) is 2.56. The van der Waals surface area contributed by atoms with Gasteiger partial charge in [-0.15, -0.1) is 0 Å². The molecule has 0 aromatic carbocycles. The molecule has 4 heteroatoms. The molecule has 0 aromatic heterocycles. The maximum atomic E-state index is 13.3. The molecule has 1 aliphatic heterocycles. The monoisotopic (exact) mass is 320 g/mol. The molecule has 1 amide bonds. The Morgan fingerprint density at radius 2 is 1.61 bits per heavy atom. The molecular weight excluding hydrogens is 288 g/mol. The van der Waals surface area contributed by atoms with Crippen molar-refractivity contribution in [1.29, 1.82) is 0 Å². The number of carbonyl (C=O) groups excluding carboxylic acids is 1. The molecular formula is C19H32N2O2. The van der Waals surface area contributed by atoms with Crippen molar-refractivity contribution in [3.05, 3.63) is 0 Å². The van der Waals surface area contributed by atoms with Gasteiger partial charge in [0.1, 0.15) is 0 Å². The first kappa shape index (κ1) is 15.9. The van der Waals surface area contributed by atoms with Gasteiger partial charge in [-0.05, 0) is 82.1 Å². The molecule has 0 atom stereocenters. The van der Waals surface area contributed by atoms with E-state index in [1.807, 2.05) is 0 Å². The number of amides is 1. The fourth-order valence-corrected chi connectivity index (χ4v) is 6.27. The van der Waals surface area contributed by atoms with Crippen LogP contribution in [0.4, 0.5) is 0 Å². The van der Waals surface area contributed by atoms with Gasteiger partial charge in [0.05, 0.1) is 11.5 Å². The summed E-state index contributed by atoms with van der Waals surface area (Å²) in [5, 5.41) is 0. The smallest absolute Gasteiger partial charge is 0.228 e. The molecule has 0 spiro atoms. The molecule has 4 saturated carbocycles. The number of rotatable bonds is 5. The molecule has 1 saturated heterocycles. The Balaban J connectivity index is 1.34. The quantitative estimate of drug-likeness (QED) is 0.792. The van der Waals surface area contributed by atoms with E-state index < -0.39 is 0 Å². The van der Waals surface area contributed by atoms with Crippen LogP contribution < -0.4 is 5.73 Å². The van der Waals surface area contributed by atoms with Gasteiger partial charge in [-0.2, -0.15) is 0 Å². The zero-order valence-corrected chi connectivity index (χ0v) is 14.3. The summed E-state index contributed by atoms with van der Waals surface area (Å²) >= 11 is 0. The summed E-state index contributed by atoms with van der Waals surface area (Å²) < 4.78 is 5.88. The highest BCUT2D eigenvalue weighted by atomic mass is 16.5. The molecule has 4 bridgehead atoms. The van der Waals surface area contributed by atoms with Gasteiger partial charge in [-0.3, -0.25) is 4.79 Å². The highest BCUT2D eigenvalue weighted by Gasteiger charge is 2.55. The molecule has 0 unspecified atom stereocenters. The molecule has 130 valence electrons. The average Bonchev–Trinajstić information content (AvgIpc) is 2.54. The summed E-state index contributed by atoms with van der Waals surface area (Å²) in [7, 11) is 0. The standard InChI is InChI=1S/C19H32N2O2/c20-4-1-7-23-17-2-5-21(6-3-17)18(22)19-11-14-8-15(12-19)10-16(9-14)13-19/h14-17H,1-13,20H2. The minimum atomic E-state index is 0.0298. The molecule has 0 radical (unpaired) electrons. The fourth-order valence-electron chi connectivity index (χ4n) is 6.27. The van der Waals surface area contributed by atoms with Crippen LogP contribution in [0.25, 0.3) is 0 Å². The van der Waals surface area contributed by atoms with Gasteiger partial charge in [0.15, 0.2) is 0 Å². The van der Waals surface area contributed by atoms with Crippen molar-refractivity contribution in [2.45, 2.75) is 63.9 Å². The lowest BCUT2D eigenvalue weighted by molar-refractivity contribution is -0.160. The molecule has 2 N–H and O–H groups in total. The molecule has 4 aliphatic carbocycles. The Labute approximate surface area is 140 Å². The van der Waals surface area contributed by atoms with Crippen molar-refractivity contribution in [3.63, 3.8) is 0 Å². The van der Waals surface area contributed by atoms with Crippen LogP contribution in [0.5, 0.6) is 0 Å². The lowest BCUT2D eigenvalue weighted by Crippen LogP contribution is -2.56. The second kappa shape index (κ2) is 6.36. The van der Waals surface area contributed by atoms with E-state index >= 15 is 0 Å². The highest BCUT2D eigenvalue weighted by molar-refractivity contribution is 5.83. The van der Waals surface area contributed by atoms with Crippen LogP contribution in [0, 0.1) is 23.2 Å². The van der Waals surface area contributed by atoms with E-state index in [9.17, 15) is 4.79 Å². The maximum absolute atomic E-state index is 13.3. The number of carbonyl (C=O) groups is 1. The number of nitrogens with zero attached hydrogens (tertiary/aromatic N) is 1. The Kier molecular flexibility index (Phi) is 4.39. The first-order valence-corrected chi connectivity index (χ1v) is 9.79. The number of piperidine rings is 1. The number of ether oxygens (including phenoxy) is 1. The molecule has 4 nitrogen and oxygen atoms in total. The van der Waals surface area contributed by atoms with Gasteiger partial charge in [-0.1, -0.05) is 0 Å². The van der Waals surface area contributed by atoms with Crippen LogP contribution in [0.2, 0.25) is 0 Å². The maximum Gasteiger partial charge on any atom is 0.228 e. The van der Waals surface area contributed by atoms with E-state index in [4.69, 9.17) is 10.5 Å². The minimum absolute atomic E-state index is 0.0298. The van der Waals surface area contributed by atoms with Crippen molar-refractivity contribution in [3.8, 4) is 0 Å². The Hall–Kier alpha value is -0.610. The minimum Gasteiger partial charge on any atom is -0.378 e. The molecule has 5 aliphatic rings. The summed E-state index contributed by atoms with van der Waals surface area (Å²) in [6.45, 7) is 3.26. The largest absolute Gasteiger partial charge is 0.378 e. The van der Waals surface area contributed by atoms with Crippen LogP contribution >= 0.6 is 0 Å².